The first-order valence-corrected chi connectivity index (χ1v) is 4.77. The topological polar surface area (TPSA) is 69.8 Å². The third kappa shape index (κ3) is 1.73. The molecular weight excluding hydrogens is 236 g/mol. The Morgan fingerprint density at radius 1 is 1.62 bits per heavy atom. The predicted octanol–water partition coefficient (Wildman–Crippen LogP) is -0.0839. The number of aromatic nitrogens is 2. The lowest BCUT2D eigenvalue weighted by atomic mass is 10.2. The van der Waals surface area contributed by atoms with Crippen molar-refractivity contribution in [3.63, 3.8) is 0 Å². The molecule has 70 valence electrons. The zero-order valence-electron chi connectivity index (χ0n) is 6.80. The molecule has 3 N–H and O–H groups in total. The van der Waals surface area contributed by atoms with E-state index in [1.54, 1.807) is 0 Å². The van der Waals surface area contributed by atoms with Crippen LogP contribution in [0.15, 0.2) is 15.6 Å². The van der Waals surface area contributed by atoms with E-state index in [0.29, 0.717) is 16.3 Å². The number of nitrogens with zero attached hydrogens (tertiary/aromatic N) is 1. The summed E-state index contributed by atoms with van der Waals surface area (Å²) >= 11 is 3.17. The molecule has 6 heteroatoms. The molecule has 0 spiro atoms. The maximum atomic E-state index is 11.1. The van der Waals surface area contributed by atoms with Gasteiger partial charge in [0.05, 0.1) is 12.4 Å². The van der Waals surface area contributed by atoms with Crippen molar-refractivity contribution in [2.24, 2.45) is 0 Å². The van der Waals surface area contributed by atoms with Crippen LogP contribution in [0, 0.1) is 0 Å². The number of anilines is 1. The van der Waals surface area contributed by atoms with Crippen molar-refractivity contribution in [1.29, 1.82) is 0 Å². The van der Waals surface area contributed by atoms with Crippen LogP contribution < -0.4 is 16.2 Å². The summed E-state index contributed by atoms with van der Waals surface area (Å²) in [6.07, 6.45) is 1.39. The van der Waals surface area contributed by atoms with Crippen molar-refractivity contribution in [2.75, 3.05) is 18.4 Å². The second-order valence-corrected chi connectivity index (χ2v) is 3.69. The lowest BCUT2D eigenvalue weighted by molar-refractivity contribution is 0.470. The van der Waals surface area contributed by atoms with E-state index >= 15 is 0 Å². The lowest BCUT2D eigenvalue weighted by Gasteiger charge is -2.28. The Kier molecular flexibility index (Phi) is 2.32. The first kappa shape index (κ1) is 8.71. The number of aromatic amines is 1. The second-order valence-electron chi connectivity index (χ2n) is 2.89. The first-order chi connectivity index (χ1) is 6.27. The number of halogens is 1. The van der Waals surface area contributed by atoms with Crippen molar-refractivity contribution < 1.29 is 0 Å². The highest BCUT2D eigenvalue weighted by molar-refractivity contribution is 9.10. The van der Waals surface area contributed by atoms with Crippen LogP contribution in [0.25, 0.3) is 0 Å². The Balaban J connectivity index is 2.19. The molecule has 0 saturated carbocycles. The Morgan fingerprint density at radius 2 is 2.38 bits per heavy atom. The smallest absolute Gasteiger partial charge is 0.267 e. The monoisotopic (exact) mass is 244 g/mol. The van der Waals surface area contributed by atoms with E-state index in [1.165, 1.54) is 6.33 Å². The fraction of sp³-hybridized carbons (Fsp3) is 0.429. The van der Waals surface area contributed by atoms with E-state index in [1.807, 2.05) is 0 Å². The van der Waals surface area contributed by atoms with Gasteiger partial charge in [0.15, 0.2) is 0 Å². The number of hydrogen-bond donors (Lipinski definition) is 3. The van der Waals surface area contributed by atoms with Gasteiger partial charge in [0, 0.05) is 13.1 Å². The van der Waals surface area contributed by atoms with Crippen molar-refractivity contribution in [3.05, 3.63) is 21.2 Å². The molecule has 0 aliphatic carbocycles. The van der Waals surface area contributed by atoms with Crippen molar-refractivity contribution in [1.82, 2.24) is 15.3 Å². The Hall–Kier alpha value is -0.880. The van der Waals surface area contributed by atoms with Crippen LogP contribution in [-0.4, -0.2) is 29.1 Å². The van der Waals surface area contributed by atoms with Crippen LogP contribution in [0.2, 0.25) is 0 Å². The summed E-state index contributed by atoms with van der Waals surface area (Å²) in [5.41, 5.74) is -0.162. The normalized spacial score (nSPS) is 16.7. The zero-order chi connectivity index (χ0) is 9.26. The summed E-state index contributed by atoms with van der Waals surface area (Å²) in [6.45, 7) is 1.84. The minimum atomic E-state index is -0.162. The minimum absolute atomic E-state index is 0.162. The van der Waals surface area contributed by atoms with Gasteiger partial charge in [0.25, 0.3) is 5.56 Å². The van der Waals surface area contributed by atoms with Crippen LogP contribution in [0.1, 0.15) is 0 Å². The molecule has 1 aromatic heterocycles. The van der Waals surface area contributed by atoms with Crippen molar-refractivity contribution in [3.8, 4) is 0 Å². The zero-order valence-corrected chi connectivity index (χ0v) is 8.39. The molecule has 0 bridgehead atoms. The third-order valence-corrected chi connectivity index (χ3v) is 2.65. The quantitative estimate of drug-likeness (QED) is 0.681. The molecule has 0 aromatic carbocycles. The van der Waals surface area contributed by atoms with E-state index in [0.717, 1.165) is 13.1 Å². The van der Waals surface area contributed by atoms with Gasteiger partial charge in [-0.2, -0.15) is 0 Å². The highest BCUT2D eigenvalue weighted by atomic mass is 79.9. The summed E-state index contributed by atoms with van der Waals surface area (Å²) in [6, 6.07) is 0.380. The fourth-order valence-electron chi connectivity index (χ4n) is 1.07. The molecule has 0 amide bonds. The second kappa shape index (κ2) is 3.47. The number of H-pyrrole nitrogens is 1. The largest absolute Gasteiger partial charge is 0.364 e. The van der Waals surface area contributed by atoms with Crippen LogP contribution in [0.4, 0.5) is 5.82 Å². The van der Waals surface area contributed by atoms with Gasteiger partial charge in [0.2, 0.25) is 0 Å². The molecular formula is C7H9BrN4O. The van der Waals surface area contributed by atoms with Gasteiger partial charge in [-0.1, -0.05) is 0 Å². The van der Waals surface area contributed by atoms with E-state index in [-0.39, 0.29) is 5.56 Å². The van der Waals surface area contributed by atoms with Crippen molar-refractivity contribution in [2.45, 2.75) is 6.04 Å². The molecule has 1 aliphatic heterocycles. The average molecular weight is 245 g/mol. The maximum Gasteiger partial charge on any atom is 0.267 e. The van der Waals surface area contributed by atoms with Crippen LogP contribution >= 0.6 is 15.9 Å². The van der Waals surface area contributed by atoms with Gasteiger partial charge in [-0.3, -0.25) is 4.79 Å². The summed E-state index contributed by atoms with van der Waals surface area (Å²) < 4.78 is 0.460. The molecule has 5 nitrogen and oxygen atoms in total. The summed E-state index contributed by atoms with van der Waals surface area (Å²) in [4.78, 5) is 17.6. The molecule has 0 unspecified atom stereocenters. The highest BCUT2D eigenvalue weighted by Crippen LogP contribution is 2.14. The van der Waals surface area contributed by atoms with Crippen LogP contribution in [-0.2, 0) is 0 Å². The molecule has 1 saturated heterocycles. The Bertz CT molecular complexity index is 360. The summed E-state index contributed by atoms with van der Waals surface area (Å²) in [7, 11) is 0. The minimum Gasteiger partial charge on any atom is -0.364 e. The fourth-order valence-corrected chi connectivity index (χ4v) is 1.40. The van der Waals surface area contributed by atoms with Crippen molar-refractivity contribution >= 4 is 21.7 Å². The third-order valence-electron chi connectivity index (χ3n) is 1.92. The Morgan fingerprint density at radius 3 is 3.00 bits per heavy atom. The molecule has 2 heterocycles. The SMILES string of the molecule is O=c1[nH]cnc(NC2CNC2)c1Br. The molecule has 0 radical (unpaired) electrons. The average Bonchev–Trinajstić information content (AvgIpc) is 2.04. The summed E-state index contributed by atoms with van der Waals surface area (Å²) in [5.74, 6) is 0.607. The Labute approximate surface area is 83.1 Å². The molecule has 2 rings (SSSR count). The molecule has 1 fully saturated rings. The lowest BCUT2D eigenvalue weighted by Crippen LogP contribution is -2.51. The van der Waals surface area contributed by atoms with Gasteiger partial charge in [-0.15, -0.1) is 0 Å². The summed E-state index contributed by atoms with van der Waals surface area (Å²) in [5, 5.41) is 6.27. The van der Waals surface area contributed by atoms with Gasteiger partial charge >= 0.3 is 0 Å². The maximum absolute atomic E-state index is 11.1. The van der Waals surface area contributed by atoms with Crippen LogP contribution in [0.5, 0.6) is 0 Å². The van der Waals surface area contributed by atoms with E-state index in [2.05, 4.69) is 36.5 Å². The predicted molar refractivity (Wildman–Crippen MR) is 52.8 cm³/mol. The first-order valence-electron chi connectivity index (χ1n) is 3.98. The van der Waals surface area contributed by atoms with Gasteiger partial charge < -0.3 is 15.6 Å². The number of hydrogen-bond acceptors (Lipinski definition) is 4. The molecule has 13 heavy (non-hydrogen) atoms. The van der Waals surface area contributed by atoms with Gasteiger partial charge in [-0.05, 0) is 15.9 Å². The van der Waals surface area contributed by atoms with Gasteiger partial charge in [0.1, 0.15) is 10.3 Å². The molecule has 0 atom stereocenters. The standard InChI is InChI=1S/C7H9BrN4O/c8-5-6(10-3-11-7(5)13)12-4-1-9-2-4/h3-4,9H,1-2H2,(H2,10,11,12,13). The number of rotatable bonds is 2. The van der Waals surface area contributed by atoms with E-state index in [9.17, 15) is 4.79 Å². The van der Waals surface area contributed by atoms with E-state index < -0.39 is 0 Å². The van der Waals surface area contributed by atoms with E-state index in [4.69, 9.17) is 0 Å². The number of nitrogens with one attached hydrogen (secondary N) is 3. The van der Waals surface area contributed by atoms with Crippen LogP contribution in [0.3, 0.4) is 0 Å². The highest BCUT2D eigenvalue weighted by Gasteiger charge is 2.18. The molecule has 1 aromatic rings. The molecule has 1 aliphatic rings. The van der Waals surface area contributed by atoms with Gasteiger partial charge in [-0.25, -0.2) is 4.98 Å².